The van der Waals surface area contributed by atoms with E-state index in [0.29, 0.717) is 24.1 Å². The first-order valence-electron chi connectivity index (χ1n) is 10.7. The molecule has 1 amide bonds. The standard InChI is InChI=1S/C24H30N4O3/c1-4-19(16-26(3)15-18-11-7-6-8-12-18)25-22(29)17-28-21-14-10-9-13-20(21)27(5-2)23(30)24(28)31/h6-14,19H,4-5,15-17H2,1-3H3,(H,25,29)/t19-/m0/s1. The largest absolute Gasteiger partial charge is 0.351 e. The minimum atomic E-state index is -0.676. The van der Waals surface area contributed by atoms with Gasteiger partial charge in [0, 0.05) is 25.7 Å². The Labute approximate surface area is 181 Å². The van der Waals surface area contributed by atoms with Gasteiger partial charge in [0.25, 0.3) is 0 Å². The number of aryl methyl sites for hydroxylation is 1. The minimum Gasteiger partial charge on any atom is -0.351 e. The highest BCUT2D eigenvalue weighted by Crippen LogP contribution is 2.10. The van der Waals surface area contributed by atoms with Gasteiger partial charge in [-0.1, -0.05) is 49.4 Å². The first-order chi connectivity index (χ1) is 14.9. The van der Waals surface area contributed by atoms with Gasteiger partial charge in [-0.05, 0) is 38.1 Å². The van der Waals surface area contributed by atoms with Gasteiger partial charge in [0.2, 0.25) is 5.91 Å². The molecule has 0 radical (unpaired) electrons. The molecule has 1 heterocycles. The van der Waals surface area contributed by atoms with Gasteiger partial charge in [-0.2, -0.15) is 0 Å². The number of hydrogen-bond donors (Lipinski definition) is 1. The molecular formula is C24H30N4O3. The molecule has 31 heavy (non-hydrogen) atoms. The summed E-state index contributed by atoms with van der Waals surface area (Å²) in [4.78, 5) is 40.1. The van der Waals surface area contributed by atoms with Crippen LogP contribution in [-0.4, -0.2) is 39.6 Å². The summed E-state index contributed by atoms with van der Waals surface area (Å²) < 4.78 is 2.72. The molecule has 1 aromatic heterocycles. The molecule has 0 fully saturated rings. The van der Waals surface area contributed by atoms with E-state index in [9.17, 15) is 14.4 Å². The van der Waals surface area contributed by atoms with Crippen LogP contribution in [0.2, 0.25) is 0 Å². The van der Waals surface area contributed by atoms with Crippen molar-refractivity contribution in [1.29, 1.82) is 0 Å². The molecule has 7 heteroatoms. The fourth-order valence-electron chi connectivity index (χ4n) is 3.87. The zero-order chi connectivity index (χ0) is 22.4. The second-order valence-electron chi connectivity index (χ2n) is 7.78. The number of carbonyl (C=O) groups is 1. The van der Waals surface area contributed by atoms with Crippen LogP contribution >= 0.6 is 0 Å². The summed E-state index contributed by atoms with van der Waals surface area (Å²) in [6, 6.07) is 17.3. The van der Waals surface area contributed by atoms with Crippen molar-refractivity contribution in [2.75, 3.05) is 13.6 Å². The number of nitrogens with one attached hydrogen (secondary N) is 1. The Balaban J connectivity index is 1.74. The van der Waals surface area contributed by atoms with Crippen LogP contribution in [0.3, 0.4) is 0 Å². The van der Waals surface area contributed by atoms with Gasteiger partial charge in [-0.3, -0.25) is 19.0 Å². The summed E-state index contributed by atoms with van der Waals surface area (Å²) in [5.74, 6) is -0.277. The molecule has 0 unspecified atom stereocenters. The molecule has 0 spiro atoms. The van der Waals surface area contributed by atoms with Gasteiger partial charge in [0.05, 0.1) is 11.0 Å². The summed E-state index contributed by atoms with van der Waals surface area (Å²) in [5, 5.41) is 3.02. The summed E-state index contributed by atoms with van der Waals surface area (Å²) in [6.07, 6.45) is 0.762. The van der Waals surface area contributed by atoms with E-state index in [2.05, 4.69) is 22.3 Å². The predicted molar refractivity (Wildman–Crippen MR) is 123 cm³/mol. The van der Waals surface area contributed by atoms with Crippen molar-refractivity contribution in [1.82, 2.24) is 19.4 Å². The highest BCUT2D eigenvalue weighted by atomic mass is 16.2. The van der Waals surface area contributed by atoms with Crippen molar-refractivity contribution in [2.24, 2.45) is 0 Å². The number of amides is 1. The van der Waals surface area contributed by atoms with Gasteiger partial charge >= 0.3 is 11.1 Å². The Morgan fingerprint density at radius 2 is 1.52 bits per heavy atom. The first-order valence-corrected chi connectivity index (χ1v) is 10.7. The summed E-state index contributed by atoms with van der Waals surface area (Å²) in [7, 11) is 2.02. The smallest absolute Gasteiger partial charge is 0.317 e. The van der Waals surface area contributed by atoms with Gasteiger partial charge in [-0.25, -0.2) is 0 Å². The van der Waals surface area contributed by atoms with E-state index in [1.54, 1.807) is 18.2 Å². The Morgan fingerprint density at radius 3 is 2.13 bits per heavy atom. The first kappa shape index (κ1) is 22.5. The molecule has 164 valence electrons. The Hall–Kier alpha value is -3.19. The quantitative estimate of drug-likeness (QED) is 0.537. The number of carbonyl (C=O) groups excluding carboxylic acids is 1. The van der Waals surface area contributed by atoms with Gasteiger partial charge < -0.3 is 14.8 Å². The molecule has 1 N–H and O–H groups in total. The fourth-order valence-corrected chi connectivity index (χ4v) is 3.87. The molecule has 0 saturated carbocycles. The van der Waals surface area contributed by atoms with Crippen LogP contribution in [0.1, 0.15) is 25.8 Å². The SMILES string of the molecule is CC[C@@H](CN(C)Cc1ccccc1)NC(=O)Cn1c(=O)c(=O)n(CC)c2ccccc21. The summed E-state index contributed by atoms with van der Waals surface area (Å²) in [5.41, 5.74) is 1.16. The van der Waals surface area contributed by atoms with E-state index in [1.807, 2.05) is 45.2 Å². The molecular weight excluding hydrogens is 392 g/mol. The van der Waals surface area contributed by atoms with E-state index < -0.39 is 11.1 Å². The summed E-state index contributed by atoms with van der Waals surface area (Å²) in [6.45, 7) is 5.52. The number of para-hydroxylation sites is 2. The van der Waals surface area contributed by atoms with Crippen LogP contribution in [-0.2, 0) is 24.4 Å². The van der Waals surface area contributed by atoms with Crippen molar-refractivity contribution >= 4 is 16.9 Å². The van der Waals surface area contributed by atoms with Crippen LogP contribution in [0.5, 0.6) is 0 Å². The third kappa shape index (κ3) is 5.30. The fraction of sp³-hybridized carbons (Fsp3) is 0.375. The van der Waals surface area contributed by atoms with Crippen LogP contribution in [0.15, 0.2) is 64.2 Å². The van der Waals surface area contributed by atoms with Crippen molar-refractivity contribution < 1.29 is 4.79 Å². The number of hydrogen-bond acceptors (Lipinski definition) is 4. The molecule has 1 atom stereocenters. The van der Waals surface area contributed by atoms with E-state index in [0.717, 1.165) is 13.0 Å². The molecule has 3 rings (SSSR count). The number of benzene rings is 2. The maximum absolute atomic E-state index is 12.8. The van der Waals surface area contributed by atoms with Crippen molar-refractivity contribution in [3.63, 3.8) is 0 Å². The van der Waals surface area contributed by atoms with Crippen LogP contribution in [0, 0.1) is 0 Å². The number of likely N-dealkylation sites (N-methyl/N-ethyl adjacent to an activating group) is 1. The zero-order valence-electron chi connectivity index (χ0n) is 18.4. The topological polar surface area (TPSA) is 76.3 Å². The highest BCUT2D eigenvalue weighted by Gasteiger charge is 2.17. The van der Waals surface area contributed by atoms with E-state index in [4.69, 9.17) is 0 Å². The molecule has 0 aliphatic rings. The van der Waals surface area contributed by atoms with Crippen molar-refractivity contribution in [2.45, 2.75) is 45.9 Å². The minimum absolute atomic E-state index is 0.0563. The molecule has 2 aromatic carbocycles. The number of fused-ring (bicyclic) bond motifs is 1. The Bertz CT molecular complexity index is 1150. The Kier molecular flexibility index (Phi) is 7.41. The molecule has 7 nitrogen and oxygen atoms in total. The third-order valence-electron chi connectivity index (χ3n) is 5.44. The normalized spacial score (nSPS) is 12.3. The molecule has 0 saturated heterocycles. The second kappa shape index (κ2) is 10.2. The monoisotopic (exact) mass is 422 g/mol. The lowest BCUT2D eigenvalue weighted by Gasteiger charge is -2.24. The number of nitrogens with zero attached hydrogens (tertiary/aromatic N) is 3. The zero-order valence-corrected chi connectivity index (χ0v) is 18.4. The number of aromatic nitrogens is 2. The Morgan fingerprint density at radius 1 is 0.935 bits per heavy atom. The molecule has 3 aromatic rings. The highest BCUT2D eigenvalue weighted by molar-refractivity contribution is 5.80. The maximum Gasteiger partial charge on any atom is 0.317 e. The van der Waals surface area contributed by atoms with Crippen LogP contribution in [0.4, 0.5) is 0 Å². The second-order valence-corrected chi connectivity index (χ2v) is 7.78. The average Bonchev–Trinajstić information content (AvgIpc) is 2.77. The van der Waals surface area contributed by atoms with E-state index >= 15 is 0 Å². The molecule has 0 aliphatic carbocycles. The summed E-state index contributed by atoms with van der Waals surface area (Å²) >= 11 is 0. The maximum atomic E-state index is 12.8. The average molecular weight is 423 g/mol. The van der Waals surface area contributed by atoms with Crippen LogP contribution in [0.25, 0.3) is 11.0 Å². The molecule has 0 aliphatic heterocycles. The van der Waals surface area contributed by atoms with Crippen molar-refractivity contribution in [3.8, 4) is 0 Å². The lowest BCUT2D eigenvalue weighted by atomic mass is 10.1. The van der Waals surface area contributed by atoms with Crippen LogP contribution < -0.4 is 16.4 Å². The van der Waals surface area contributed by atoms with E-state index in [1.165, 1.54) is 14.7 Å². The lowest BCUT2D eigenvalue weighted by molar-refractivity contribution is -0.122. The van der Waals surface area contributed by atoms with Gasteiger partial charge in [0.15, 0.2) is 0 Å². The molecule has 0 bridgehead atoms. The number of rotatable bonds is 9. The van der Waals surface area contributed by atoms with E-state index in [-0.39, 0.29) is 18.5 Å². The third-order valence-corrected chi connectivity index (χ3v) is 5.44. The lowest BCUT2D eigenvalue weighted by Crippen LogP contribution is -2.47. The van der Waals surface area contributed by atoms with Crippen molar-refractivity contribution in [3.05, 3.63) is 80.9 Å². The van der Waals surface area contributed by atoms with Gasteiger partial charge in [-0.15, -0.1) is 0 Å². The van der Waals surface area contributed by atoms with Gasteiger partial charge in [0.1, 0.15) is 6.54 Å². The predicted octanol–water partition coefficient (Wildman–Crippen LogP) is 2.21.